The molecule has 1 amide bonds. The van der Waals surface area contributed by atoms with E-state index in [1.807, 2.05) is 13.0 Å². The van der Waals surface area contributed by atoms with E-state index in [-0.39, 0.29) is 5.91 Å². The maximum absolute atomic E-state index is 12.0. The minimum absolute atomic E-state index is 0.0582. The number of rotatable bonds is 8. The fourth-order valence-electron chi connectivity index (χ4n) is 2.06. The van der Waals surface area contributed by atoms with Gasteiger partial charge in [0.25, 0.3) is 5.91 Å². The predicted octanol–water partition coefficient (Wildman–Crippen LogP) is 3.26. The topological polar surface area (TPSA) is 67.2 Å². The molecule has 4 nitrogen and oxygen atoms in total. The Morgan fingerprint density at radius 1 is 1.30 bits per heavy atom. The molecule has 0 fully saturated rings. The van der Waals surface area contributed by atoms with Crippen LogP contribution < -0.4 is 16.4 Å². The summed E-state index contributed by atoms with van der Waals surface area (Å²) in [5, 5.41) is 6.14. The number of amides is 1. The summed E-state index contributed by atoms with van der Waals surface area (Å²) in [5.41, 5.74) is 7.95. The number of anilines is 2. The van der Waals surface area contributed by atoms with Crippen molar-refractivity contribution in [3.05, 3.63) is 23.8 Å². The molecule has 4 heteroatoms. The normalized spacial score (nSPS) is 10.6. The van der Waals surface area contributed by atoms with Crippen molar-refractivity contribution < 1.29 is 4.79 Å². The molecule has 4 N–H and O–H groups in total. The quantitative estimate of drug-likeness (QED) is 0.504. The molecular formula is C16H27N3O. The molecule has 20 heavy (non-hydrogen) atoms. The Morgan fingerprint density at radius 2 is 2.05 bits per heavy atom. The van der Waals surface area contributed by atoms with Gasteiger partial charge in [0.05, 0.1) is 5.56 Å². The molecule has 0 aliphatic heterocycles. The van der Waals surface area contributed by atoms with Crippen molar-refractivity contribution in [3.8, 4) is 0 Å². The second kappa shape index (κ2) is 8.46. The van der Waals surface area contributed by atoms with E-state index in [2.05, 4.69) is 24.5 Å². The number of nitrogens with one attached hydrogen (secondary N) is 2. The Labute approximate surface area is 122 Å². The van der Waals surface area contributed by atoms with Crippen LogP contribution in [-0.2, 0) is 0 Å². The average molecular weight is 277 g/mol. The molecule has 0 aliphatic rings. The van der Waals surface area contributed by atoms with Gasteiger partial charge in [-0.3, -0.25) is 4.79 Å². The van der Waals surface area contributed by atoms with E-state index in [9.17, 15) is 4.79 Å². The molecule has 0 spiro atoms. The van der Waals surface area contributed by atoms with Gasteiger partial charge in [-0.25, -0.2) is 0 Å². The summed E-state index contributed by atoms with van der Waals surface area (Å²) in [6.07, 6.45) is 3.53. The van der Waals surface area contributed by atoms with E-state index >= 15 is 0 Å². The standard InChI is InChI=1S/C16H27N3O/c1-4-18-16(20)14-9-8-13(17)11-15(14)19-10-6-5-7-12(2)3/h8-9,11-12,19H,4-7,10,17H2,1-3H3,(H,18,20). The lowest BCUT2D eigenvalue weighted by atomic mass is 10.1. The first kappa shape index (κ1) is 16.3. The lowest BCUT2D eigenvalue weighted by molar-refractivity contribution is 0.0956. The highest BCUT2D eigenvalue weighted by atomic mass is 16.1. The Balaban J connectivity index is 2.58. The number of benzene rings is 1. The molecule has 0 aromatic heterocycles. The van der Waals surface area contributed by atoms with Crippen LogP contribution in [0.2, 0.25) is 0 Å². The zero-order chi connectivity index (χ0) is 15.0. The highest BCUT2D eigenvalue weighted by Gasteiger charge is 2.10. The molecule has 0 heterocycles. The van der Waals surface area contributed by atoms with Crippen molar-refractivity contribution in [1.82, 2.24) is 5.32 Å². The number of carbonyl (C=O) groups excluding carboxylic acids is 1. The van der Waals surface area contributed by atoms with Gasteiger partial charge in [0.1, 0.15) is 0 Å². The van der Waals surface area contributed by atoms with Crippen LogP contribution in [0.15, 0.2) is 18.2 Å². The molecule has 0 aliphatic carbocycles. The second-order valence-electron chi connectivity index (χ2n) is 5.48. The van der Waals surface area contributed by atoms with Gasteiger partial charge in [-0.05, 0) is 37.5 Å². The lowest BCUT2D eigenvalue weighted by Gasteiger charge is -2.13. The summed E-state index contributed by atoms with van der Waals surface area (Å²) in [5.74, 6) is 0.686. The number of nitrogen functional groups attached to an aromatic ring is 1. The molecule has 0 atom stereocenters. The first-order chi connectivity index (χ1) is 9.54. The lowest BCUT2D eigenvalue weighted by Crippen LogP contribution is -2.24. The zero-order valence-corrected chi connectivity index (χ0v) is 12.8. The summed E-state index contributed by atoms with van der Waals surface area (Å²) < 4.78 is 0. The number of hydrogen-bond acceptors (Lipinski definition) is 3. The smallest absolute Gasteiger partial charge is 0.253 e. The highest BCUT2D eigenvalue weighted by molar-refractivity contribution is 6.00. The van der Waals surface area contributed by atoms with Crippen LogP contribution in [-0.4, -0.2) is 19.0 Å². The highest BCUT2D eigenvalue weighted by Crippen LogP contribution is 2.19. The number of hydrogen-bond donors (Lipinski definition) is 3. The number of carbonyl (C=O) groups is 1. The van der Waals surface area contributed by atoms with Crippen molar-refractivity contribution in [3.63, 3.8) is 0 Å². The predicted molar refractivity (Wildman–Crippen MR) is 86.0 cm³/mol. The second-order valence-corrected chi connectivity index (χ2v) is 5.48. The molecule has 0 saturated carbocycles. The molecule has 112 valence electrons. The Morgan fingerprint density at radius 3 is 2.70 bits per heavy atom. The molecule has 0 radical (unpaired) electrons. The maximum atomic E-state index is 12.0. The summed E-state index contributed by atoms with van der Waals surface area (Å²) in [4.78, 5) is 12.0. The summed E-state index contributed by atoms with van der Waals surface area (Å²) in [6, 6.07) is 5.36. The van der Waals surface area contributed by atoms with Crippen molar-refractivity contribution in [2.45, 2.75) is 40.0 Å². The summed E-state index contributed by atoms with van der Waals surface area (Å²) >= 11 is 0. The van der Waals surface area contributed by atoms with Crippen molar-refractivity contribution >= 4 is 17.3 Å². The van der Waals surface area contributed by atoms with Gasteiger partial charge in [-0.15, -0.1) is 0 Å². The molecule has 0 saturated heterocycles. The van der Waals surface area contributed by atoms with E-state index in [4.69, 9.17) is 5.73 Å². The van der Waals surface area contributed by atoms with Crippen molar-refractivity contribution in [2.75, 3.05) is 24.1 Å². The average Bonchev–Trinajstić information content (AvgIpc) is 2.38. The Kier molecular flexibility index (Phi) is 6.91. The minimum Gasteiger partial charge on any atom is -0.399 e. The van der Waals surface area contributed by atoms with Crippen molar-refractivity contribution in [2.24, 2.45) is 5.92 Å². The van der Waals surface area contributed by atoms with Crippen LogP contribution in [0.5, 0.6) is 0 Å². The van der Waals surface area contributed by atoms with Gasteiger partial charge in [0, 0.05) is 24.5 Å². The van der Waals surface area contributed by atoms with Crippen LogP contribution in [0.4, 0.5) is 11.4 Å². The minimum atomic E-state index is -0.0582. The first-order valence-electron chi connectivity index (χ1n) is 7.46. The summed E-state index contributed by atoms with van der Waals surface area (Å²) in [6.45, 7) is 7.87. The molecule has 0 unspecified atom stereocenters. The van der Waals surface area contributed by atoms with Crippen LogP contribution >= 0.6 is 0 Å². The van der Waals surface area contributed by atoms with Crippen molar-refractivity contribution in [1.29, 1.82) is 0 Å². The van der Waals surface area contributed by atoms with E-state index in [1.54, 1.807) is 12.1 Å². The Bertz CT molecular complexity index is 430. The largest absolute Gasteiger partial charge is 0.399 e. The van der Waals surface area contributed by atoms with Crippen LogP contribution in [0.3, 0.4) is 0 Å². The maximum Gasteiger partial charge on any atom is 0.253 e. The van der Waals surface area contributed by atoms with E-state index < -0.39 is 0 Å². The molecule has 1 rings (SSSR count). The van der Waals surface area contributed by atoms with Gasteiger partial charge < -0.3 is 16.4 Å². The third-order valence-electron chi connectivity index (χ3n) is 3.15. The number of unbranched alkanes of at least 4 members (excludes halogenated alkanes) is 1. The van der Waals surface area contributed by atoms with Crippen LogP contribution in [0.1, 0.15) is 50.4 Å². The fraction of sp³-hybridized carbons (Fsp3) is 0.562. The van der Waals surface area contributed by atoms with Gasteiger partial charge >= 0.3 is 0 Å². The Hall–Kier alpha value is -1.71. The van der Waals surface area contributed by atoms with Gasteiger partial charge in [-0.1, -0.05) is 26.7 Å². The first-order valence-corrected chi connectivity index (χ1v) is 7.46. The zero-order valence-electron chi connectivity index (χ0n) is 12.8. The SMILES string of the molecule is CCNC(=O)c1ccc(N)cc1NCCCCC(C)C. The van der Waals surface area contributed by atoms with E-state index in [1.165, 1.54) is 12.8 Å². The van der Waals surface area contributed by atoms with Gasteiger partial charge in [0.15, 0.2) is 0 Å². The monoisotopic (exact) mass is 277 g/mol. The summed E-state index contributed by atoms with van der Waals surface area (Å²) in [7, 11) is 0. The van der Waals surface area contributed by atoms with Gasteiger partial charge in [-0.2, -0.15) is 0 Å². The third kappa shape index (κ3) is 5.51. The van der Waals surface area contributed by atoms with E-state index in [0.29, 0.717) is 17.8 Å². The molecule has 0 bridgehead atoms. The molecule has 1 aromatic carbocycles. The van der Waals surface area contributed by atoms with Crippen LogP contribution in [0.25, 0.3) is 0 Å². The number of nitrogens with two attached hydrogens (primary N) is 1. The third-order valence-corrected chi connectivity index (χ3v) is 3.15. The molecule has 1 aromatic rings. The molecular weight excluding hydrogens is 250 g/mol. The van der Waals surface area contributed by atoms with Crippen LogP contribution in [0, 0.1) is 5.92 Å². The van der Waals surface area contributed by atoms with Gasteiger partial charge in [0.2, 0.25) is 0 Å². The fourth-order valence-corrected chi connectivity index (χ4v) is 2.06. The van der Waals surface area contributed by atoms with E-state index in [0.717, 1.165) is 24.6 Å².